The second kappa shape index (κ2) is 7.66. The summed E-state index contributed by atoms with van der Waals surface area (Å²) in [5.74, 6) is 0. The lowest BCUT2D eigenvalue weighted by atomic mass is 10.1. The Morgan fingerprint density at radius 1 is 1.30 bits per heavy atom. The van der Waals surface area contributed by atoms with Gasteiger partial charge < -0.3 is 0 Å². The van der Waals surface area contributed by atoms with Crippen LogP contribution in [-0.2, 0) is 13.0 Å². The van der Waals surface area contributed by atoms with Gasteiger partial charge in [-0.25, -0.2) is 0 Å². The maximum Gasteiger partial charge on any atom is 0.416 e. The van der Waals surface area contributed by atoms with Gasteiger partial charge in [-0.2, -0.15) is 18.3 Å². The molecule has 2 nitrogen and oxygen atoms in total. The Kier molecular flexibility index (Phi) is 5.85. The molecule has 0 amide bonds. The molecule has 0 unspecified atom stereocenters. The van der Waals surface area contributed by atoms with Gasteiger partial charge in [0, 0.05) is 17.8 Å². The van der Waals surface area contributed by atoms with Crippen molar-refractivity contribution in [3.8, 4) is 0 Å². The fourth-order valence-electron chi connectivity index (χ4n) is 2.77. The van der Waals surface area contributed by atoms with E-state index in [-0.39, 0.29) is 0 Å². The van der Waals surface area contributed by atoms with Crippen LogP contribution in [0.2, 0.25) is 0 Å². The van der Waals surface area contributed by atoms with Crippen LogP contribution < -0.4 is 0 Å². The van der Waals surface area contributed by atoms with E-state index >= 15 is 0 Å². The van der Waals surface area contributed by atoms with E-state index in [1.807, 2.05) is 10.7 Å². The van der Waals surface area contributed by atoms with Crippen molar-refractivity contribution in [3.05, 3.63) is 47.3 Å². The SMILES string of the molecule is C\C=C/C(=C\C(=C\CC)C(F)(F)F)c1cc2n(n1)CCCCC2. The monoisotopic (exact) mass is 324 g/mol. The molecule has 0 saturated carbocycles. The van der Waals surface area contributed by atoms with Crippen molar-refractivity contribution < 1.29 is 13.2 Å². The summed E-state index contributed by atoms with van der Waals surface area (Å²) >= 11 is 0. The van der Waals surface area contributed by atoms with Crippen LogP contribution in [0.4, 0.5) is 13.2 Å². The minimum absolute atomic E-state index is 0.341. The van der Waals surface area contributed by atoms with Crippen LogP contribution in [0.5, 0.6) is 0 Å². The molecule has 23 heavy (non-hydrogen) atoms. The molecule has 0 bridgehead atoms. The van der Waals surface area contributed by atoms with E-state index in [2.05, 4.69) is 5.10 Å². The number of hydrogen-bond donors (Lipinski definition) is 0. The molecule has 2 rings (SSSR count). The molecule has 0 atom stereocenters. The van der Waals surface area contributed by atoms with E-state index in [1.54, 1.807) is 26.0 Å². The predicted octanol–water partition coefficient (Wildman–Crippen LogP) is 5.47. The standard InChI is InChI=1S/C18H23F3N2/c1-3-8-14(12-15(9-4-2)18(19,20)21)17-13-16-10-6-5-7-11-23(16)22-17/h3,8-9,12-13H,4-7,10-11H2,1-2H3/b8-3-,14-12+,15-9-. The molecule has 126 valence electrons. The highest BCUT2D eigenvalue weighted by molar-refractivity contribution is 5.74. The minimum Gasteiger partial charge on any atom is -0.269 e. The Morgan fingerprint density at radius 3 is 2.74 bits per heavy atom. The molecular weight excluding hydrogens is 301 g/mol. The molecule has 1 aromatic rings. The van der Waals surface area contributed by atoms with E-state index in [1.165, 1.54) is 18.6 Å². The highest BCUT2D eigenvalue weighted by Gasteiger charge is 2.32. The Bertz CT molecular complexity index is 595. The van der Waals surface area contributed by atoms with Crippen molar-refractivity contribution in [2.24, 2.45) is 0 Å². The Labute approximate surface area is 135 Å². The molecule has 1 aromatic heterocycles. The average molecular weight is 324 g/mol. The van der Waals surface area contributed by atoms with Crippen LogP contribution in [0.25, 0.3) is 5.57 Å². The van der Waals surface area contributed by atoms with Crippen molar-refractivity contribution >= 4 is 5.57 Å². The number of hydrogen-bond acceptors (Lipinski definition) is 1. The van der Waals surface area contributed by atoms with Gasteiger partial charge in [0.25, 0.3) is 0 Å². The number of halogens is 3. The van der Waals surface area contributed by atoms with Gasteiger partial charge in [-0.15, -0.1) is 0 Å². The minimum atomic E-state index is -4.35. The van der Waals surface area contributed by atoms with Crippen molar-refractivity contribution in [2.45, 2.75) is 58.7 Å². The predicted molar refractivity (Wildman–Crippen MR) is 87.0 cm³/mol. The number of nitrogens with zero attached hydrogens (tertiary/aromatic N) is 2. The normalized spacial score (nSPS) is 17.4. The van der Waals surface area contributed by atoms with Gasteiger partial charge in [0.05, 0.1) is 11.3 Å². The van der Waals surface area contributed by atoms with Crippen LogP contribution in [0.3, 0.4) is 0 Å². The average Bonchev–Trinajstić information content (AvgIpc) is 2.76. The molecule has 0 aromatic carbocycles. The summed E-state index contributed by atoms with van der Waals surface area (Å²) in [5.41, 5.74) is 1.62. The van der Waals surface area contributed by atoms with Gasteiger partial charge >= 0.3 is 6.18 Å². The fraction of sp³-hybridized carbons (Fsp3) is 0.500. The third kappa shape index (κ3) is 4.60. The van der Waals surface area contributed by atoms with Gasteiger partial charge in [0.1, 0.15) is 0 Å². The molecule has 0 saturated heterocycles. The Balaban J connectivity index is 2.42. The number of aryl methyl sites for hydroxylation is 2. The van der Waals surface area contributed by atoms with Crippen molar-refractivity contribution in [1.29, 1.82) is 0 Å². The lowest BCUT2D eigenvalue weighted by Crippen LogP contribution is -2.10. The first kappa shape index (κ1) is 17.6. The molecular formula is C18H23F3N2. The summed E-state index contributed by atoms with van der Waals surface area (Å²) in [4.78, 5) is 0. The Hall–Kier alpha value is -1.78. The molecule has 0 radical (unpaired) electrons. The zero-order valence-electron chi connectivity index (χ0n) is 13.7. The van der Waals surface area contributed by atoms with Gasteiger partial charge in [-0.05, 0) is 44.7 Å². The van der Waals surface area contributed by atoms with Gasteiger partial charge in [-0.3, -0.25) is 4.68 Å². The number of aromatic nitrogens is 2. The zero-order valence-corrected chi connectivity index (χ0v) is 13.7. The third-order valence-corrected chi connectivity index (χ3v) is 3.87. The molecule has 0 spiro atoms. The topological polar surface area (TPSA) is 17.8 Å². The highest BCUT2D eigenvalue weighted by Crippen LogP contribution is 2.30. The molecule has 0 fully saturated rings. The summed E-state index contributed by atoms with van der Waals surface area (Å²) in [6.07, 6.45) is 6.14. The highest BCUT2D eigenvalue weighted by atomic mass is 19.4. The van der Waals surface area contributed by atoms with Crippen LogP contribution >= 0.6 is 0 Å². The zero-order chi connectivity index (χ0) is 16.9. The summed E-state index contributed by atoms with van der Waals surface area (Å²) in [5, 5.41) is 4.53. The summed E-state index contributed by atoms with van der Waals surface area (Å²) in [7, 11) is 0. The lowest BCUT2D eigenvalue weighted by molar-refractivity contribution is -0.0883. The maximum atomic E-state index is 13.1. The molecule has 0 N–H and O–H groups in total. The second-order valence-electron chi connectivity index (χ2n) is 5.72. The largest absolute Gasteiger partial charge is 0.416 e. The number of alkyl halides is 3. The third-order valence-electron chi connectivity index (χ3n) is 3.87. The Morgan fingerprint density at radius 2 is 2.09 bits per heavy atom. The van der Waals surface area contributed by atoms with Gasteiger partial charge in [0.15, 0.2) is 0 Å². The maximum absolute atomic E-state index is 13.1. The first-order valence-electron chi connectivity index (χ1n) is 8.14. The summed E-state index contributed by atoms with van der Waals surface area (Å²) in [6, 6.07) is 1.93. The van der Waals surface area contributed by atoms with Crippen LogP contribution in [0.15, 0.2) is 35.9 Å². The second-order valence-corrected chi connectivity index (χ2v) is 5.72. The van der Waals surface area contributed by atoms with E-state index in [0.29, 0.717) is 17.7 Å². The molecule has 0 aliphatic carbocycles. The summed E-state index contributed by atoms with van der Waals surface area (Å²) < 4.78 is 41.4. The van der Waals surface area contributed by atoms with Crippen LogP contribution in [0, 0.1) is 0 Å². The molecule has 1 aliphatic heterocycles. The van der Waals surface area contributed by atoms with E-state index in [4.69, 9.17) is 0 Å². The lowest BCUT2D eigenvalue weighted by Gasteiger charge is -2.09. The van der Waals surface area contributed by atoms with Gasteiger partial charge in [-0.1, -0.05) is 31.6 Å². The van der Waals surface area contributed by atoms with E-state index < -0.39 is 11.7 Å². The first-order chi connectivity index (χ1) is 11.0. The van der Waals surface area contributed by atoms with Crippen molar-refractivity contribution in [2.75, 3.05) is 0 Å². The quantitative estimate of drug-likeness (QED) is 0.672. The van der Waals surface area contributed by atoms with Crippen molar-refractivity contribution in [1.82, 2.24) is 9.78 Å². The van der Waals surface area contributed by atoms with E-state index in [9.17, 15) is 13.2 Å². The smallest absolute Gasteiger partial charge is 0.269 e. The first-order valence-corrected chi connectivity index (χ1v) is 8.14. The summed E-state index contributed by atoms with van der Waals surface area (Å²) in [6.45, 7) is 4.34. The molecule has 2 heterocycles. The molecule has 5 heteroatoms. The number of rotatable bonds is 4. The van der Waals surface area contributed by atoms with Crippen LogP contribution in [0.1, 0.15) is 50.9 Å². The van der Waals surface area contributed by atoms with E-state index in [0.717, 1.165) is 31.5 Å². The number of allylic oxidation sites excluding steroid dienone is 6. The molecule has 1 aliphatic rings. The number of fused-ring (bicyclic) bond motifs is 1. The van der Waals surface area contributed by atoms with Gasteiger partial charge in [0.2, 0.25) is 0 Å². The van der Waals surface area contributed by atoms with Crippen LogP contribution in [-0.4, -0.2) is 16.0 Å². The van der Waals surface area contributed by atoms with Crippen molar-refractivity contribution in [3.63, 3.8) is 0 Å². The fourth-order valence-corrected chi connectivity index (χ4v) is 2.77.